The zero-order chi connectivity index (χ0) is 24.7. The molecule has 6 nitrogen and oxygen atoms in total. The summed E-state index contributed by atoms with van der Waals surface area (Å²) in [6, 6.07) is 8.39. The van der Waals surface area contributed by atoms with Crippen LogP contribution >= 0.6 is 0 Å². The number of hydrogen-bond acceptors (Lipinski definition) is 4. The van der Waals surface area contributed by atoms with Gasteiger partial charge in [0.1, 0.15) is 5.60 Å². The molecule has 2 aliphatic heterocycles. The molecule has 1 spiro atoms. The maximum atomic E-state index is 13.6. The molecule has 1 unspecified atom stereocenters. The Morgan fingerprint density at radius 2 is 1.76 bits per heavy atom. The first kappa shape index (κ1) is 24.8. The average Bonchev–Trinajstić information content (AvgIpc) is 3.54. The summed E-state index contributed by atoms with van der Waals surface area (Å²) in [4.78, 5) is 27.7. The maximum absolute atomic E-state index is 13.6. The third-order valence-corrected chi connectivity index (χ3v) is 7.01. The third-order valence-electron chi connectivity index (χ3n) is 7.01. The topological polar surface area (TPSA) is 59.1 Å². The smallest absolute Gasteiger partial charge is 0.444 e. The number of carbonyl (C=O) groups is 2. The summed E-state index contributed by atoms with van der Waals surface area (Å²) >= 11 is 0. The van der Waals surface area contributed by atoms with Crippen LogP contribution < -0.4 is 0 Å². The maximum Gasteiger partial charge on any atom is 0.471 e. The van der Waals surface area contributed by atoms with Crippen molar-refractivity contribution in [3.63, 3.8) is 0 Å². The highest BCUT2D eigenvalue weighted by Crippen LogP contribution is 2.49. The number of hydrogen-bond donors (Lipinski definition) is 0. The normalized spacial score (nSPS) is 26.8. The summed E-state index contributed by atoms with van der Waals surface area (Å²) in [7, 11) is 0. The minimum Gasteiger partial charge on any atom is -0.444 e. The first-order valence-electron chi connectivity index (χ1n) is 11.9. The minimum absolute atomic E-state index is 0.0830. The van der Waals surface area contributed by atoms with Gasteiger partial charge < -0.3 is 19.3 Å². The van der Waals surface area contributed by atoms with Gasteiger partial charge in [-0.1, -0.05) is 30.3 Å². The first-order chi connectivity index (χ1) is 15.9. The van der Waals surface area contributed by atoms with Gasteiger partial charge in [-0.2, -0.15) is 13.2 Å². The Morgan fingerprint density at radius 3 is 2.35 bits per heavy atom. The second-order valence-corrected chi connectivity index (χ2v) is 10.7. The van der Waals surface area contributed by atoms with Gasteiger partial charge in [0.25, 0.3) is 0 Å². The van der Waals surface area contributed by atoms with Gasteiger partial charge in [0.05, 0.1) is 5.60 Å². The second-order valence-electron chi connectivity index (χ2n) is 10.7. The van der Waals surface area contributed by atoms with Crippen LogP contribution in [0.5, 0.6) is 0 Å². The van der Waals surface area contributed by atoms with Crippen molar-refractivity contribution in [2.75, 3.05) is 19.7 Å². The third kappa shape index (κ3) is 5.50. The molecule has 1 aliphatic carbocycles. The highest BCUT2D eigenvalue weighted by Gasteiger charge is 2.56. The molecule has 0 radical (unpaired) electrons. The van der Waals surface area contributed by atoms with Crippen molar-refractivity contribution >= 4 is 12.0 Å². The molecule has 3 atom stereocenters. The van der Waals surface area contributed by atoms with E-state index in [9.17, 15) is 22.8 Å². The van der Waals surface area contributed by atoms with E-state index in [1.54, 1.807) is 25.7 Å². The molecule has 34 heavy (non-hydrogen) atoms. The van der Waals surface area contributed by atoms with Gasteiger partial charge >= 0.3 is 18.2 Å². The van der Waals surface area contributed by atoms with Crippen molar-refractivity contribution in [3.05, 3.63) is 35.9 Å². The van der Waals surface area contributed by atoms with E-state index >= 15 is 0 Å². The van der Waals surface area contributed by atoms with Crippen LogP contribution in [0.3, 0.4) is 0 Å². The molecule has 188 valence electrons. The standard InChI is InChI=1S/C25H33F3N2O4/c1-23(2,3)34-22(32)29-12-10-24(11-13-29)16-18(9-14-33-24)30(21(31)25(26,27)28)20-15-19(20)17-7-5-4-6-8-17/h4-8,18-20H,9-16H2,1-3H3/t18?,19-,20+/m0/s1. The zero-order valence-corrected chi connectivity index (χ0v) is 19.9. The quantitative estimate of drug-likeness (QED) is 0.616. The van der Waals surface area contributed by atoms with Gasteiger partial charge in [0.15, 0.2) is 0 Å². The van der Waals surface area contributed by atoms with Crippen molar-refractivity contribution in [3.8, 4) is 0 Å². The van der Waals surface area contributed by atoms with E-state index in [1.807, 2.05) is 30.3 Å². The van der Waals surface area contributed by atoms with E-state index in [2.05, 4.69) is 0 Å². The summed E-state index contributed by atoms with van der Waals surface area (Å²) in [5, 5.41) is 0. The second kappa shape index (κ2) is 9.06. The van der Waals surface area contributed by atoms with Crippen LogP contribution in [0.15, 0.2) is 30.3 Å². The van der Waals surface area contributed by atoms with Gasteiger partial charge in [-0.25, -0.2) is 4.79 Å². The fourth-order valence-electron chi connectivity index (χ4n) is 5.29. The largest absolute Gasteiger partial charge is 0.471 e. The summed E-state index contributed by atoms with van der Waals surface area (Å²) in [6.07, 6.45) is -3.07. The van der Waals surface area contributed by atoms with E-state index in [0.29, 0.717) is 51.8 Å². The van der Waals surface area contributed by atoms with Crippen molar-refractivity contribution in [2.24, 2.45) is 0 Å². The lowest BCUT2D eigenvalue weighted by Gasteiger charge is -2.48. The van der Waals surface area contributed by atoms with Gasteiger partial charge in [-0.3, -0.25) is 4.79 Å². The number of ether oxygens (including phenoxy) is 2. The summed E-state index contributed by atoms with van der Waals surface area (Å²) < 4.78 is 52.3. The van der Waals surface area contributed by atoms with Crippen LogP contribution in [0.1, 0.15) is 64.4 Å². The molecule has 2 saturated heterocycles. The highest BCUT2D eigenvalue weighted by atomic mass is 19.4. The molecule has 3 aliphatic rings. The van der Waals surface area contributed by atoms with Crippen LogP contribution in [0.25, 0.3) is 0 Å². The molecule has 1 aromatic rings. The van der Waals surface area contributed by atoms with E-state index in [-0.39, 0.29) is 5.92 Å². The van der Waals surface area contributed by atoms with Gasteiger partial charge in [-0.05, 0) is 58.4 Å². The van der Waals surface area contributed by atoms with Gasteiger partial charge in [0.2, 0.25) is 0 Å². The molecule has 2 heterocycles. The number of amides is 2. The molecule has 0 aromatic heterocycles. The Hall–Kier alpha value is -2.29. The average molecular weight is 483 g/mol. The Labute approximate surface area is 198 Å². The van der Waals surface area contributed by atoms with Crippen LogP contribution in [-0.4, -0.2) is 71.0 Å². The zero-order valence-electron chi connectivity index (χ0n) is 19.9. The molecule has 4 rings (SSSR count). The number of halogens is 3. The lowest BCUT2D eigenvalue weighted by molar-refractivity contribution is -0.195. The van der Waals surface area contributed by atoms with Crippen LogP contribution in [0.4, 0.5) is 18.0 Å². The van der Waals surface area contributed by atoms with Gasteiger partial charge in [-0.15, -0.1) is 0 Å². The molecule has 0 N–H and O–H groups in total. The van der Waals surface area contributed by atoms with E-state index < -0.39 is 41.5 Å². The Bertz CT molecular complexity index is 892. The predicted octanol–water partition coefficient (Wildman–Crippen LogP) is 4.88. The number of piperidine rings is 1. The van der Waals surface area contributed by atoms with Crippen molar-refractivity contribution in [1.82, 2.24) is 9.80 Å². The molecular formula is C25H33F3N2O4. The molecule has 1 aromatic carbocycles. The van der Waals surface area contributed by atoms with Crippen molar-refractivity contribution < 1.29 is 32.2 Å². The fourth-order valence-corrected chi connectivity index (χ4v) is 5.29. The monoisotopic (exact) mass is 482 g/mol. The number of likely N-dealkylation sites (tertiary alicyclic amines) is 1. The van der Waals surface area contributed by atoms with Crippen molar-refractivity contribution in [2.45, 2.75) is 88.3 Å². The molecule has 1 saturated carbocycles. The number of nitrogens with zero attached hydrogens (tertiary/aromatic N) is 2. The number of rotatable bonds is 3. The number of benzene rings is 1. The lowest BCUT2D eigenvalue weighted by atomic mass is 9.81. The summed E-state index contributed by atoms with van der Waals surface area (Å²) in [5.41, 5.74) is -0.278. The van der Waals surface area contributed by atoms with Crippen LogP contribution in [0.2, 0.25) is 0 Å². The SMILES string of the molecule is CC(C)(C)OC(=O)N1CCC2(CC1)CC(N(C(=O)C(F)(F)F)[C@@H]1C[C@H]1c1ccccc1)CCO2. The summed E-state index contributed by atoms with van der Waals surface area (Å²) in [6.45, 7) is 6.52. The fraction of sp³-hybridized carbons (Fsp3) is 0.680. The van der Waals surface area contributed by atoms with Crippen LogP contribution in [0, 0.1) is 0 Å². The molecule has 3 fully saturated rings. The van der Waals surface area contributed by atoms with E-state index in [4.69, 9.17) is 9.47 Å². The highest BCUT2D eigenvalue weighted by molar-refractivity contribution is 5.83. The number of alkyl halides is 3. The van der Waals surface area contributed by atoms with Crippen molar-refractivity contribution in [1.29, 1.82) is 0 Å². The van der Waals surface area contributed by atoms with Gasteiger partial charge in [0, 0.05) is 37.7 Å². The Morgan fingerprint density at radius 1 is 1.12 bits per heavy atom. The Kier molecular flexibility index (Phi) is 6.61. The van der Waals surface area contributed by atoms with E-state index in [1.165, 1.54) is 0 Å². The minimum atomic E-state index is -4.92. The predicted molar refractivity (Wildman–Crippen MR) is 119 cm³/mol. The lowest BCUT2D eigenvalue weighted by Crippen LogP contribution is -2.57. The molecular weight excluding hydrogens is 449 g/mol. The van der Waals surface area contributed by atoms with E-state index in [0.717, 1.165) is 10.5 Å². The van der Waals surface area contributed by atoms with Crippen LogP contribution in [-0.2, 0) is 14.3 Å². The Balaban J connectivity index is 1.46. The molecule has 9 heteroatoms. The summed E-state index contributed by atoms with van der Waals surface area (Å²) in [5.74, 6) is -1.84. The first-order valence-corrected chi connectivity index (χ1v) is 11.9. The molecule has 2 amide bonds. The number of carbonyl (C=O) groups excluding carboxylic acids is 2. The molecule has 0 bridgehead atoms.